The molecule has 2 aliphatic rings. The summed E-state index contributed by atoms with van der Waals surface area (Å²) in [6.07, 6.45) is 3.35. The molecule has 25 heavy (non-hydrogen) atoms. The normalized spacial score (nSPS) is 22.2. The zero-order chi connectivity index (χ0) is 17.8. The minimum atomic E-state index is -0.317. The van der Waals surface area contributed by atoms with Crippen molar-refractivity contribution in [3.05, 3.63) is 40.6 Å². The topological polar surface area (TPSA) is 59.0 Å². The first-order chi connectivity index (χ1) is 12.1. The van der Waals surface area contributed by atoms with Gasteiger partial charge in [0.05, 0.1) is 17.4 Å². The standard InChI is InChI=1S/C18H19FN2O3S/c1-2-24-17(23)13-4-3-9-21(11-13)18-20-16(22)15(25-18)10-12-5-7-14(19)8-6-12/h5-8,10,13H,2-4,9,11H2,1H3/b15-10-. The molecule has 3 rings (SSSR count). The van der Waals surface area contributed by atoms with E-state index in [2.05, 4.69) is 4.99 Å². The zero-order valence-electron chi connectivity index (χ0n) is 13.9. The quantitative estimate of drug-likeness (QED) is 0.611. The second-order valence-electron chi connectivity index (χ2n) is 5.90. The lowest BCUT2D eigenvalue weighted by Crippen LogP contribution is -2.41. The molecule has 2 heterocycles. The maximum absolute atomic E-state index is 13.0. The van der Waals surface area contributed by atoms with Crippen LogP contribution < -0.4 is 0 Å². The third-order valence-electron chi connectivity index (χ3n) is 4.09. The molecule has 1 aromatic carbocycles. The molecule has 0 N–H and O–H groups in total. The number of amidine groups is 1. The predicted molar refractivity (Wildman–Crippen MR) is 95.3 cm³/mol. The van der Waals surface area contributed by atoms with Crippen molar-refractivity contribution in [2.45, 2.75) is 19.8 Å². The summed E-state index contributed by atoms with van der Waals surface area (Å²) in [6.45, 7) is 3.44. The highest BCUT2D eigenvalue weighted by molar-refractivity contribution is 8.18. The van der Waals surface area contributed by atoms with Crippen molar-refractivity contribution in [2.75, 3.05) is 19.7 Å². The smallest absolute Gasteiger partial charge is 0.310 e. The van der Waals surface area contributed by atoms with E-state index in [-0.39, 0.29) is 23.6 Å². The van der Waals surface area contributed by atoms with Crippen molar-refractivity contribution in [1.29, 1.82) is 0 Å². The van der Waals surface area contributed by atoms with Gasteiger partial charge in [-0.2, -0.15) is 4.99 Å². The molecule has 1 fully saturated rings. The molecule has 7 heteroatoms. The fourth-order valence-electron chi connectivity index (χ4n) is 2.85. The van der Waals surface area contributed by atoms with E-state index in [1.807, 2.05) is 4.90 Å². The molecular formula is C18H19FN2O3S. The number of halogens is 1. The number of benzene rings is 1. The molecule has 0 saturated carbocycles. The third-order valence-corrected chi connectivity index (χ3v) is 5.13. The fourth-order valence-corrected chi connectivity index (χ4v) is 3.80. The van der Waals surface area contributed by atoms with Crippen LogP contribution in [0.5, 0.6) is 0 Å². The highest BCUT2D eigenvalue weighted by Crippen LogP contribution is 2.32. The molecule has 0 aromatic heterocycles. The van der Waals surface area contributed by atoms with E-state index < -0.39 is 0 Å². The first-order valence-corrected chi connectivity index (χ1v) is 9.08. The minimum Gasteiger partial charge on any atom is -0.466 e. The van der Waals surface area contributed by atoms with Crippen molar-refractivity contribution in [1.82, 2.24) is 4.90 Å². The van der Waals surface area contributed by atoms with Gasteiger partial charge in [-0.15, -0.1) is 0 Å². The first kappa shape index (κ1) is 17.7. The SMILES string of the molecule is CCOC(=O)C1CCCN(C2=NC(=O)/C(=C/c3ccc(F)cc3)S2)C1. The van der Waals surface area contributed by atoms with E-state index in [9.17, 15) is 14.0 Å². The molecule has 1 atom stereocenters. The number of aliphatic imine (C=N–C) groups is 1. The first-order valence-electron chi connectivity index (χ1n) is 8.26. The molecule has 132 valence electrons. The summed E-state index contributed by atoms with van der Waals surface area (Å²) in [6, 6.07) is 5.94. The number of rotatable bonds is 3. The molecule has 1 unspecified atom stereocenters. The summed E-state index contributed by atoms with van der Waals surface area (Å²) in [7, 11) is 0. The number of carbonyl (C=O) groups excluding carboxylic acids is 2. The number of thioether (sulfide) groups is 1. The Morgan fingerprint density at radius 1 is 1.44 bits per heavy atom. The number of hydrogen-bond donors (Lipinski definition) is 0. The Morgan fingerprint density at radius 2 is 2.20 bits per heavy atom. The lowest BCUT2D eigenvalue weighted by atomic mass is 9.99. The van der Waals surface area contributed by atoms with Crippen LogP contribution in [0.1, 0.15) is 25.3 Å². The summed E-state index contributed by atoms with van der Waals surface area (Å²) in [4.78, 5) is 30.7. The van der Waals surface area contributed by atoms with E-state index >= 15 is 0 Å². The number of amides is 1. The van der Waals surface area contributed by atoms with Crippen molar-refractivity contribution < 1.29 is 18.7 Å². The van der Waals surface area contributed by atoms with E-state index in [0.29, 0.717) is 23.2 Å². The van der Waals surface area contributed by atoms with Gasteiger partial charge in [0.1, 0.15) is 5.82 Å². The molecule has 1 amide bonds. The fraction of sp³-hybridized carbons (Fsp3) is 0.389. The second-order valence-corrected chi connectivity index (χ2v) is 6.91. The monoisotopic (exact) mass is 362 g/mol. The van der Waals surface area contributed by atoms with Crippen molar-refractivity contribution >= 4 is 34.9 Å². The Morgan fingerprint density at radius 3 is 2.92 bits per heavy atom. The van der Waals surface area contributed by atoms with Crippen molar-refractivity contribution in [3.63, 3.8) is 0 Å². The predicted octanol–water partition coefficient (Wildman–Crippen LogP) is 3.07. The van der Waals surface area contributed by atoms with Crippen LogP contribution in [0.25, 0.3) is 6.08 Å². The number of piperidine rings is 1. The Bertz CT molecular complexity index is 730. The molecule has 0 spiro atoms. The minimum absolute atomic E-state index is 0.183. The average Bonchev–Trinajstić information content (AvgIpc) is 2.98. The van der Waals surface area contributed by atoms with Gasteiger partial charge in [-0.3, -0.25) is 9.59 Å². The van der Waals surface area contributed by atoms with Gasteiger partial charge in [0.15, 0.2) is 5.17 Å². The van der Waals surface area contributed by atoms with Gasteiger partial charge in [-0.05, 0) is 55.3 Å². The average molecular weight is 362 g/mol. The molecular weight excluding hydrogens is 343 g/mol. The van der Waals surface area contributed by atoms with E-state index in [1.54, 1.807) is 25.1 Å². The van der Waals surface area contributed by atoms with Gasteiger partial charge in [0.25, 0.3) is 5.91 Å². The summed E-state index contributed by atoms with van der Waals surface area (Å²) in [5, 5.41) is 0.618. The number of carbonyl (C=O) groups is 2. The van der Waals surface area contributed by atoms with Crippen molar-refractivity contribution in [3.8, 4) is 0 Å². The number of esters is 1. The molecule has 1 saturated heterocycles. The zero-order valence-corrected chi connectivity index (χ0v) is 14.7. The number of nitrogens with zero attached hydrogens (tertiary/aromatic N) is 2. The second kappa shape index (κ2) is 7.82. The van der Waals surface area contributed by atoms with Crippen LogP contribution in [0.4, 0.5) is 4.39 Å². The molecule has 0 bridgehead atoms. The summed E-state index contributed by atoms with van der Waals surface area (Å²) in [5.41, 5.74) is 0.747. The largest absolute Gasteiger partial charge is 0.466 e. The van der Waals surface area contributed by atoms with Crippen LogP contribution in [-0.2, 0) is 14.3 Å². The van der Waals surface area contributed by atoms with Crippen LogP contribution in [0.15, 0.2) is 34.2 Å². The van der Waals surface area contributed by atoms with Gasteiger partial charge in [-0.1, -0.05) is 12.1 Å². The molecule has 1 aromatic rings. The number of likely N-dealkylation sites (tertiary alicyclic amines) is 1. The van der Waals surface area contributed by atoms with Crippen LogP contribution in [0, 0.1) is 11.7 Å². The van der Waals surface area contributed by atoms with Gasteiger partial charge < -0.3 is 9.64 Å². The Hall–Kier alpha value is -2.15. The third kappa shape index (κ3) is 4.28. The Balaban J connectivity index is 1.68. The highest BCUT2D eigenvalue weighted by Gasteiger charge is 2.32. The molecule has 0 aliphatic carbocycles. The van der Waals surface area contributed by atoms with Gasteiger partial charge >= 0.3 is 5.97 Å². The molecule has 2 aliphatic heterocycles. The summed E-state index contributed by atoms with van der Waals surface area (Å²) in [5.74, 6) is -0.994. The summed E-state index contributed by atoms with van der Waals surface area (Å²) >= 11 is 1.29. The van der Waals surface area contributed by atoms with E-state index in [0.717, 1.165) is 24.9 Å². The maximum atomic E-state index is 13.0. The summed E-state index contributed by atoms with van der Waals surface area (Å²) < 4.78 is 18.1. The highest BCUT2D eigenvalue weighted by atomic mass is 32.2. The number of ether oxygens (including phenoxy) is 1. The van der Waals surface area contributed by atoms with E-state index in [4.69, 9.17) is 4.74 Å². The van der Waals surface area contributed by atoms with Gasteiger partial charge in [-0.25, -0.2) is 4.39 Å². The molecule has 5 nitrogen and oxygen atoms in total. The maximum Gasteiger partial charge on any atom is 0.310 e. The van der Waals surface area contributed by atoms with Gasteiger partial charge in [0, 0.05) is 13.1 Å². The van der Waals surface area contributed by atoms with Gasteiger partial charge in [0.2, 0.25) is 0 Å². The van der Waals surface area contributed by atoms with Crippen LogP contribution >= 0.6 is 11.8 Å². The lowest BCUT2D eigenvalue weighted by molar-refractivity contribution is -0.149. The van der Waals surface area contributed by atoms with Crippen LogP contribution in [-0.4, -0.2) is 41.6 Å². The number of hydrogen-bond acceptors (Lipinski definition) is 5. The molecule has 0 radical (unpaired) electrons. The lowest BCUT2D eigenvalue weighted by Gasteiger charge is -2.32. The van der Waals surface area contributed by atoms with Crippen molar-refractivity contribution in [2.24, 2.45) is 10.9 Å². The van der Waals surface area contributed by atoms with Crippen LogP contribution in [0.2, 0.25) is 0 Å². The Kier molecular flexibility index (Phi) is 5.53. The Labute approximate surface area is 149 Å². The van der Waals surface area contributed by atoms with E-state index in [1.165, 1.54) is 23.9 Å². The van der Waals surface area contributed by atoms with Crippen LogP contribution in [0.3, 0.4) is 0 Å².